The van der Waals surface area contributed by atoms with Gasteiger partial charge in [-0.2, -0.15) is 0 Å². The molecule has 0 radical (unpaired) electrons. The lowest BCUT2D eigenvalue weighted by molar-refractivity contribution is 0.0947. The van der Waals surface area contributed by atoms with Gasteiger partial charge >= 0.3 is 0 Å². The van der Waals surface area contributed by atoms with Gasteiger partial charge in [-0.25, -0.2) is 0 Å². The highest BCUT2D eigenvalue weighted by Gasteiger charge is 2.07. The molecule has 0 bridgehead atoms. The van der Waals surface area contributed by atoms with Crippen molar-refractivity contribution in [2.45, 2.75) is 13.5 Å². The number of nitrogens with one attached hydrogen (secondary N) is 1. The molecule has 0 atom stereocenters. The zero-order chi connectivity index (χ0) is 12.3. The van der Waals surface area contributed by atoms with Crippen molar-refractivity contribution < 1.29 is 9.21 Å². The minimum atomic E-state index is -0.173. The summed E-state index contributed by atoms with van der Waals surface area (Å²) in [7, 11) is 0. The Morgan fingerprint density at radius 1 is 1.47 bits per heavy atom. The van der Waals surface area contributed by atoms with E-state index in [1.807, 2.05) is 19.1 Å². The SMILES string of the molecule is Cc1ccc(CNC(=O)c2cncc(Br)c2)o1. The third kappa shape index (κ3) is 3.17. The summed E-state index contributed by atoms with van der Waals surface area (Å²) in [4.78, 5) is 15.7. The number of pyridine rings is 1. The van der Waals surface area contributed by atoms with E-state index < -0.39 is 0 Å². The predicted molar refractivity (Wildman–Crippen MR) is 66.6 cm³/mol. The molecule has 2 heterocycles. The van der Waals surface area contributed by atoms with Crippen LogP contribution in [0.5, 0.6) is 0 Å². The smallest absolute Gasteiger partial charge is 0.253 e. The third-order valence-electron chi connectivity index (χ3n) is 2.19. The fourth-order valence-corrected chi connectivity index (χ4v) is 1.75. The van der Waals surface area contributed by atoms with Gasteiger partial charge in [-0.1, -0.05) is 0 Å². The Bertz CT molecular complexity index is 537. The topological polar surface area (TPSA) is 55.1 Å². The van der Waals surface area contributed by atoms with Crippen molar-refractivity contribution in [1.29, 1.82) is 0 Å². The molecule has 0 unspecified atom stereocenters. The summed E-state index contributed by atoms with van der Waals surface area (Å²) in [5.74, 6) is 1.39. The van der Waals surface area contributed by atoms with Crippen molar-refractivity contribution in [1.82, 2.24) is 10.3 Å². The summed E-state index contributed by atoms with van der Waals surface area (Å²) < 4.78 is 6.13. The number of furan rings is 1. The van der Waals surface area contributed by atoms with E-state index in [2.05, 4.69) is 26.2 Å². The van der Waals surface area contributed by atoms with E-state index in [1.165, 1.54) is 6.20 Å². The van der Waals surface area contributed by atoms with E-state index >= 15 is 0 Å². The van der Waals surface area contributed by atoms with Crippen molar-refractivity contribution in [2.24, 2.45) is 0 Å². The molecule has 0 saturated carbocycles. The molecule has 1 amide bonds. The van der Waals surface area contributed by atoms with Crippen LogP contribution in [0.3, 0.4) is 0 Å². The van der Waals surface area contributed by atoms with E-state index in [4.69, 9.17) is 4.42 Å². The van der Waals surface area contributed by atoms with E-state index in [0.717, 1.165) is 16.0 Å². The van der Waals surface area contributed by atoms with Crippen LogP contribution in [-0.2, 0) is 6.54 Å². The minimum absolute atomic E-state index is 0.173. The first-order valence-corrected chi connectivity index (χ1v) is 5.88. The summed E-state index contributed by atoms with van der Waals surface area (Å²) in [5.41, 5.74) is 0.516. The zero-order valence-corrected chi connectivity index (χ0v) is 10.8. The fourth-order valence-electron chi connectivity index (χ4n) is 1.39. The number of hydrogen-bond donors (Lipinski definition) is 1. The summed E-state index contributed by atoms with van der Waals surface area (Å²) in [6.45, 7) is 2.24. The van der Waals surface area contributed by atoms with Crippen LogP contribution in [-0.4, -0.2) is 10.9 Å². The Morgan fingerprint density at radius 2 is 2.29 bits per heavy atom. The molecular formula is C12H11BrN2O2. The van der Waals surface area contributed by atoms with Gasteiger partial charge in [-0.3, -0.25) is 9.78 Å². The second-order valence-electron chi connectivity index (χ2n) is 3.59. The maximum atomic E-state index is 11.8. The molecule has 0 saturated heterocycles. The maximum absolute atomic E-state index is 11.8. The first kappa shape index (κ1) is 11.9. The van der Waals surface area contributed by atoms with Gasteiger partial charge in [-0.05, 0) is 41.1 Å². The van der Waals surface area contributed by atoms with Gasteiger partial charge in [0.25, 0.3) is 5.91 Å². The van der Waals surface area contributed by atoms with Crippen LogP contribution in [0.2, 0.25) is 0 Å². The van der Waals surface area contributed by atoms with Gasteiger partial charge in [0.1, 0.15) is 11.5 Å². The molecule has 0 aliphatic heterocycles. The number of aromatic nitrogens is 1. The average molecular weight is 295 g/mol. The molecule has 0 aliphatic rings. The summed E-state index contributed by atoms with van der Waals surface area (Å²) in [6.07, 6.45) is 3.15. The normalized spacial score (nSPS) is 10.2. The van der Waals surface area contributed by atoms with Crippen LogP contribution in [0.4, 0.5) is 0 Å². The van der Waals surface area contributed by atoms with Crippen molar-refractivity contribution in [3.63, 3.8) is 0 Å². The number of amides is 1. The van der Waals surface area contributed by atoms with E-state index in [9.17, 15) is 4.79 Å². The van der Waals surface area contributed by atoms with Crippen LogP contribution >= 0.6 is 15.9 Å². The van der Waals surface area contributed by atoms with E-state index in [-0.39, 0.29) is 5.91 Å². The van der Waals surface area contributed by atoms with Gasteiger partial charge in [0.15, 0.2) is 0 Å². The number of carbonyl (C=O) groups excluding carboxylic acids is 1. The van der Waals surface area contributed by atoms with Crippen molar-refractivity contribution in [2.75, 3.05) is 0 Å². The number of carbonyl (C=O) groups is 1. The lowest BCUT2D eigenvalue weighted by Crippen LogP contribution is -2.22. The molecule has 0 aromatic carbocycles. The Kier molecular flexibility index (Phi) is 3.58. The zero-order valence-electron chi connectivity index (χ0n) is 9.24. The number of aryl methyl sites for hydroxylation is 1. The van der Waals surface area contributed by atoms with Gasteiger partial charge in [0.05, 0.1) is 12.1 Å². The quantitative estimate of drug-likeness (QED) is 0.947. The lowest BCUT2D eigenvalue weighted by Gasteiger charge is -2.03. The van der Waals surface area contributed by atoms with Gasteiger partial charge in [0, 0.05) is 16.9 Å². The molecule has 0 aliphatic carbocycles. The highest BCUT2D eigenvalue weighted by Crippen LogP contribution is 2.10. The number of nitrogens with zero attached hydrogens (tertiary/aromatic N) is 1. The Hall–Kier alpha value is -1.62. The summed E-state index contributed by atoms with van der Waals surface area (Å²) >= 11 is 3.27. The largest absolute Gasteiger partial charge is 0.465 e. The molecule has 2 aromatic rings. The van der Waals surface area contributed by atoms with Crippen molar-refractivity contribution in [3.05, 3.63) is 52.1 Å². The second kappa shape index (κ2) is 5.14. The van der Waals surface area contributed by atoms with Gasteiger partial charge < -0.3 is 9.73 Å². The molecular weight excluding hydrogens is 284 g/mol. The van der Waals surface area contributed by atoms with Gasteiger partial charge in [-0.15, -0.1) is 0 Å². The first-order valence-electron chi connectivity index (χ1n) is 5.09. The van der Waals surface area contributed by atoms with Crippen LogP contribution < -0.4 is 5.32 Å². The molecule has 0 spiro atoms. The average Bonchev–Trinajstić information content (AvgIpc) is 2.72. The maximum Gasteiger partial charge on any atom is 0.253 e. The summed E-state index contributed by atoms with van der Waals surface area (Å²) in [5, 5.41) is 2.76. The second-order valence-corrected chi connectivity index (χ2v) is 4.50. The molecule has 2 rings (SSSR count). The molecule has 17 heavy (non-hydrogen) atoms. The first-order chi connectivity index (χ1) is 8.15. The number of hydrogen-bond acceptors (Lipinski definition) is 3. The molecule has 88 valence electrons. The Labute approximate surface area is 107 Å². The van der Waals surface area contributed by atoms with Crippen LogP contribution in [0, 0.1) is 6.92 Å². The van der Waals surface area contributed by atoms with Crippen LogP contribution in [0.15, 0.2) is 39.5 Å². The molecule has 5 heteroatoms. The third-order valence-corrected chi connectivity index (χ3v) is 2.62. The Balaban J connectivity index is 1.98. The standard InChI is InChI=1S/C12H11BrN2O2/c1-8-2-3-11(17-8)7-15-12(16)9-4-10(13)6-14-5-9/h2-6H,7H2,1H3,(H,15,16). The van der Waals surface area contributed by atoms with Crippen molar-refractivity contribution >= 4 is 21.8 Å². The van der Waals surface area contributed by atoms with E-state index in [0.29, 0.717) is 12.1 Å². The molecule has 0 fully saturated rings. The van der Waals surface area contributed by atoms with E-state index in [1.54, 1.807) is 12.3 Å². The molecule has 1 N–H and O–H groups in total. The van der Waals surface area contributed by atoms with Crippen LogP contribution in [0.1, 0.15) is 21.9 Å². The molecule has 4 nitrogen and oxygen atoms in total. The Morgan fingerprint density at radius 3 is 2.94 bits per heavy atom. The number of halogens is 1. The van der Waals surface area contributed by atoms with Crippen molar-refractivity contribution in [3.8, 4) is 0 Å². The minimum Gasteiger partial charge on any atom is -0.465 e. The van der Waals surface area contributed by atoms with Gasteiger partial charge in [0.2, 0.25) is 0 Å². The highest BCUT2D eigenvalue weighted by molar-refractivity contribution is 9.10. The lowest BCUT2D eigenvalue weighted by atomic mass is 10.2. The fraction of sp³-hybridized carbons (Fsp3) is 0.167. The highest BCUT2D eigenvalue weighted by atomic mass is 79.9. The van der Waals surface area contributed by atoms with Crippen LogP contribution in [0.25, 0.3) is 0 Å². The summed E-state index contributed by atoms with van der Waals surface area (Å²) in [6, 6.07) is 5.42. The predicted octanol–water partition coefficient (Wildman–Crippen LogP) is 2.68. The molecule has 2 aromatic heterocycles. The number of rotatable bonds is 3. The monoisotopic (exact) mass is 294 g/mol.